The molecule has 0 radical (unpaired) electrons. The number of ether oxygens (including phenoxy) is 2. The van der Waals surface area contributed by atoms with E-state index in [1.165, 1.54) is 5.56 Å². The summed E-state index contributed by atoms with van der Waals surface area (Å²) in [6.45, 7) is 2.40. The number of carbonyl (C=O) groups excluding carboxylic acids is 1. The van der Waals surface area contributed by atoms with Gasteiger partial charge in [-0.1, -0.05) is 30.3 Å². The van der Waals surface area contributed by atoms with E-state index in [1.54, 1.807) is 21.1 Å². The van der Waals surface area contributed by atoms with Crippen LogP contribution >= 0.6 is 0 Å². The number of amides is 1. The van der Waals surface area contributed by atoms with Gasteiger partial charge in [0.15, 0.2) is 11.5 Å². The van der Waals surface area contributed by atoms with Crippen molar-refractivity contribution in [3.8, 4) is 11.5 Å². The third-order valence-corrected chi connectivity index (χ3v) is 4.10. The molecule has 0 aliphatic heterocycles. The molecule has 0 heterocycles. The molecule has 0 fully saturated rings. The van der Waals surface area contributed by atoms with E-state index in [2.05, 4.69) is 22.8 Å². The Balaban J connectivity index is 2.08. The van der Waals surface area contributed by atoms with Gasteiger partial charge in [-0.2, -0.15) is 0 Å². The molecule has 2 N–H and O–H groups in total. The van der Waals surface area contributed by atoms with Gasteiger partial charge in [-0.25, -0.2) is 0 Å². The average molecular weight is 354 g/mol. The summed E-state index contributed by atoms with van der Waals surface area (Å²) < 4.78 is 10.7. The zero-order valence-electron chi connectivity index (χ0n) is 15.8. The molecule has 0 spiro atoms. The second kappa shape index (κ2) is 9.51. The molecule has 0 bridgehead atoms. The first-order chi connectivity index (χ1) is 12.6. The van der Waals surface area contributed by atoms with Gasteiger partial charge in [-0.3, -0.25) is 4.79 Å². The van der Waals surface area contributed by atoms with E-state index < -0.39 is 0 Å². The summed E-state index contributed by atoms with van der Waals surface area (Å²) in [5, 5.41) is 6.07. The highest BCUT2D eigenvalue weighted by Crippen LogP contribution is 2.34. The normalized spacial score (nSPS) is 11.0. The Morgan fingerprint density at radius 2 is 1.73 bits per heavy atom. The third-order valence-electron chi connectivity index (χ3n) is 4.10. The Bertz CT molecular complexity index is 770. The predicted molar refractivity (Wildman–Crippen MR) is 106 cm³/mol. The molecule has 0 atom stereocenters. The summed E-state index contributed by atoms with van der Waals surface area (Å²) in [5.41, 5.74) is 3.55. The largest absolute Gasteiger partial charge is 0.493 e. The van der Waals surface area contributed by atoms with Crippen LogP contribution in [0.5, 0.6) is 11.5 Å². The van der Waals surface area contributed by atoms with Crippen molar-refractivity contribution >= 4 is 17.7 Å². The minimum Gasteiger partial charge on any atom is -0.493 e. The molecule has 0 aliphatic carbocycles. The van der Waals surface area contributed by atoms with E-state index in [4.69, 9.17) is 9.47 Å². The molecular formula is C21H26N2O3. The number of methoxy groups -OCH3 is 2. The maximum atomic E-state index is 12.4. The van der Waals surface area contributed by atoms with Crippen LogP contribution in [-0.4, -0.2) is 33.7 Å². The van der Waals surface area contributed by atoms with Gasteiger partial charge in [0.05, 0.1) is 14.2 Å². The maximum absolute atomic E-state index is 12.4. The number of rotatable bonds is 8. The van der Waals surface area contributed by atoms with Gasteiger partial charge in [0.1, 0.15) is 0 Å². The van der Waals surface area contributed by atoms with Crippen LogP contribution in [0.25, 0.3) is 6.08 Å². The molecule has 26 heavy (non-hydrogen) atoms. The van der Waals surface area contributed by atoms with E-state index >= 15 is 0 Å². The molecule has 2 rings (SSSR count). The van der Waals surface area contributed by atoms with Crippen LogP contribution in [0, 0.1) is 0 Å². The fourth-order valence-electron chi connectivity index (χ4n) is 2.63. The Kier molecular flexibility index (Phi) is 7.09. The lowest BCUT2D eigenvalue weighted by Gasteiger charge is -2.13. The molecule has 0 saturated heterocycles. The van der Waals surface area contributed by atoms with Crippen LogP contribution in [0.4, 0.5) is 5.69 Å². The quantitative estimate of drug-likeness (QED) is 0.712. The molecular weight excluding hydrogens is 328 g/mol. The number of carbonyl (C=O) groups is 1. The maximum Gasteiger partial charge on any atom is 0.246 e. The van der Waals surface area contributed by atoms with Crippen molar-refractivity contribution in [3.05, 3.63) is 59.2 Å². The van der Waals surface area contributed by atoms with Crippen LogP contribution < -0.4 is 20.1 Å². The van der Waals surface area contributed by atoms with Gasteiger partial charge in [0, 0.05) is 36.5 Å². The van der Waals surface area contributed by atoms with Crippen LogP contribution in [0.3, 0.4) is 0 Å². The number of hydrogen-bond acceptors (Lipinski definition) is 4. The van der Waals surface area contributed by atoms with E-state index in [9.17, 15) is 4.79 Å². The van der Waals surface area contributed by atoms with Crippen LogP contribution in [0.2, 0.25) is 0 Å². The molecule has 2 aromatic rings. The molecule has 0 aromatic heterocycles. The highest BCUT2D eigenvalue weighted by molar-refractivity contribution is 5.98. The Morgan fingerprint density at radius 3 is 2.35 bits per heavy atom. The first-order valence-corrected chi connectivity index (χ1v) is 8.53. The fraction of sp³-hybridized carbons (Fsp3) is 0.286. The molecule has 1 amide bonds. The SMILES string of the molecule is CNc1cc(OC)c(OC)cc1/C=C(\C)C(=O)NCCc1ccccc1. The van der Waals surface area contributed by atoms with Crippen LogP contribution in [-0.2, 0) is 11.2 Å². The van der Waals surface area contributed by atoms with Gasteiger partial charge in [0.25, 0.3) is 0 Å². The fourth-order valence-corrected chi connectivity index (χ4v) is 2.63. The standard InChI is InChI=1S/C21H26N2O3/c1-15(21(24)23-11-10-16-8-6-5-7-9-16)12-17-13-19(25-3)20(26-4)14-18(17)22-2/h5-9,12-14,22H,10-11H2,1-4H3,(H,23,24)/b15-12+. The average Bonchev–Trinajstić information content (AvgIpc) is 2.68. The Labute approximate surface area is 155 Å². The molecule has 0 unspecified atom stereocenters. The van der Waals surface area contributed by atoms with Crippen LogP contribution in [0.1, 0.15) is 18.1 Å². The van der Waals surface area contributed by atoms with E-state index in [-0.39, 0.29) is 5.91 Å². The summed E-state index contributed by atoms with van der Waals surface area (Å²) in [5.74, 6) is 1.17. The van der Waals surface area contributed by atoms with Gasteiger partial charge in [0.2, 0.25) is 5.91 Å². The van der Waals surface area contributed by atoms with Gasteiger partial charge in [-0.15, -0.1) is 0 Å². The summed E-state index contributed by atoms with van der Waals surface area (Å²) in [4.78, 5) is 12.4. The second-order valence-electron chi connectivity index (χ2n) is 5.86. The zero-order valence-corrected chi connectivity index (χ0v) is 15.8. The van der Waals surface area contributed by atoms with E-state index in [0.717, 1.165) is 17.7 Å². The van der Waals surface area contributed by atoms with Crippen molar-refractivity contribution in [3.63, 3.8) is 0 Å². The predicted octanol–water partition coefficient (Wildman–Crippen LogP) is 3.51. The molecule has 5 heteroatoms. The lowest BCUT2D eigenvalue weighted by atomic mass is 10.1. The number of hydrogen-bond donors (Lipinski definition) is 2. The summed E-state index contributed by atoms with van der Waals surface area (Å²) >= 11 is 0. The summed E-state index contributed by atoms with van der Waals surface area (Å²) in [6.07, 6.45) is 2.64. The smallest absolute Gasteiger partial charge is 0.246 e. The molecule has 5 nitrogen and oxygen atoms in total. The third kappa shape index (κ3) is 5.02. The monoisotopic (exact) mass is 354 g/mol. The first kappa shape index (κ1) is 19.4. The van der Waals surface area contributed by atoms with Gasteiger partial charge >= 0.3 is 0 Å². The van der Waals surface area contributed by atoms with Crippen molar-refractivity contribution in [2.75, 3.05) is 33.1 Å². The van der Waals surface area contributed by atoms with Crippen molar-refractivity contribution in [1.29, 1.82) is 0 Å². The number of nitrogens with one attached hydrogen (secondary N) is 2. The van der Waals surface area contributed by atoms with Crippen molar-refractivity contribution in [2.24, 2.45) is 0 Å². The summed E-state index contributed by atoms with van der Waals surface area (Å²) in [6, 6.07) is 13.8. The first-order valence-electron chi connectivity index (χ1n) is 8.53. The minimum absolute atomic E-state index is 0.0854. The highest BCUT2D eigenvalue weighted by Gasteiger charge is 2.11. The minimum atomic E-state index is -0.0854. The molecule has 138 valence electrons. The lowest BCUT2D eigenvalue weighted by Crippen LogP contribution is -2.26. The van der Waals surface area contributed by atoms with Crippen molar-refractivity contribution in [1.82, 2.24) is 5.32 Å². The number of anilines is 1. The summed E-state index contributed by atoms with van der Waals surface area (Å²) in [7, 11) is 5.01. The van der Waals surface area contributed by atoms with E-state index in [1.807, 2.05) is 43.5 Å². The molecule has 0 saturated carbocycles. The van der Waals surface area contributed by atoms with Gasteiger partial charge in [-0.05, 0) is 31.1 Å². The van der Waals surface area contributed by atoms with Crippen molar-refractivity contribution < 1.29 is 14.3 Å². The van der Waals surface area contributed by atoms with Crippen molar-refractivity contribution in [2.45, 2.75) is 13.3 Å². The Hall–Kier alpha value is -2.95. The molecule has 2 aromatic carbocycles. The highest BCUT2D eigenvalue weighted by atomic mass is 16.5. The number of benzene rings is 2. The zero-order chi connectivity index (χ0) is 18.9. The van der Waals surface area contributed by atoms with Crippen LogP contribution in [0.15, 0.2) is 48.0 Å². The van der Waals surface area contributed by atoms with Gasteiger partial charge < -0.3 is 20.1 Å². The Morgan fingerprint density at radius 1 is 1.08 bits per heavy atom. The molecule has 0 aliphatic rings. The lowest BCUT2D eigenvalue weighted by molar-refractivity contribution is -0.117. The second-order valence-corrected chi connectivity index (χ2v) is 5.86. The topological polar surface area (TPSA) is 59.6 Å². The van der Waals surface area contributed by atoms with E-state index in [0.29, 0.717) is 23.6 Å².